The molecule has 1 rings (SSSR count). The van der Waals surface area contributed by atoms with Crippen molar-refractivity contribution in [1.29, 1.82) is 0 Å². The van der Waals surface area contributed by atoms with Crippen molar-refractivity contribution in [1.82, 2.24) is 4.90 Å². The lowest BCUT2D eigenvalue weighted by atomic mass is 10.1. The van der Waals surface area contributed by atoms with E-state index in [1.165, 1.54) is 0 Å². The minimum Gasteiger partial charge on any atom is -0.481 e. The van der Waals surface area contributed by atoms with Gasteiger partial charge in [-0.1, -0.05) is 6.08 Å². The Morgan fingerprint density at radius 2 is 2.50 bits per heavy atom. The van der Waals surface area contributed by atoms with Gasteiger partial charge < -0.3 is 5.11 Å². The van der Waals surface area contributed by atoms with E-state index in [2.05, 4.69) is 11.5 Å². The Balaban J connectivity index is 2.25. The number of hydrogen-bond donors (Lipinski definition) is 1. The minimum absolute atomic E-state index is 0.313. The molecule has 12 heavy (non-hydrogen) atoms. The number of aliphatic carboxylic acids is 1. The summed E-state index contributed by atoms with van der Waals surface area (Å²) in [7, 11) is 0. The van der Waals surface area contributed by atoms with Crippen molar-refractivity contribution >= 4 is 5.97 Å². The minimum atomic E-state index is -0.680. The fourth-order valence-corrected chi connectivity index (χ4v) is 1.67. The molecule has 68 valence electrons. The van der Waals surface area contributed by atoms with Gasteiger partial charge in [-0.2, -0.15) is 0 Å². The molecule has 1 unspecified atom stereocenters. The largest absolute Gasteiger partial charge is 0.481 e. The molecule has 1 aliphatic heterocycles. The average Bonchev–Trinajstić information content (AvgIpc) is 2.36. The molecule has 1 N–H and O–H groups in total. The number of rotatable bonds is 4. The summed E-state index contributed by atoms with van der Waals surface area (Å²) in [5.41, 5.74) is 0. The number of carboxylic acids is 1. The second kappa shape index (κ2) is 4.26. The maximum atomic E-state index is 10.4. The maximum Gasteiger partial charge on any atom is 0.303 e. The summed E-state index contributed by atoms with van der Waals surface area (Å²) in [5, 5.41) is 8.55. The van der Waals surface area contributed by atoms with Crippen LogP contribution in [0.3, 0.4) is 0 Å². The van der Waals surface area contributed by atoms with E-state index in [-0.39, 0.29) is 0 Å². The molecule has 0 radical (unpaired) electrons. The predicted octanol–water partition coefficient (Wildman–Crippen LogP) is 0.969. The summed E-state index contributed by atoms with van der Waals surface area (Å²) in [6.07, 6.45) is 3.19. The van der Waals surface area contributed by atoms with Gasteiger partial charge in [-0.15, -0.1) is 6.58 Å². The lowest BCUT2D eigenvalue weighted by Gasteiger charge is -2.11. The summed E-state index contributed by atoms with van der Waals surface area (Å²) < 4.78 is 0. The van der Waals surface area contributed by atoms with Crippen molar-refractivity contribution in [3.8, 4) is 0 Å². The molecule has 0 bridgehead atoms. The lowest BCUT2D eigenvalue weighted by Crippen LogP contribution is -2.21. The first-order valence-electron chi connectivity index (χ1n) is 4.27. The second-order valence-corrected chi connectivity index (χ2v) is 3.30. The molecule has 0 aliphatic carbocycles. The van der Waals surface area contributed by atoms with Gasteiger partial charge in [0.2, 0.25) is 0 Å². The smallest absolute Gasteiger partial charge is 0.303 e. The molecule has 3 nitrogen and oxygen atoms in total. The number of carboxylic acid groups (broad SMARTS) is 1. The summed E-state index contributed by atoms with van der Waals surface area (Å²) in [5.74, 6) is -0.331. The molecule has 1 saturated heterocycles. The zero-order valence-corrected chi connectivity index (χ0v) is 7.20. The first-order chi connectivity index (χ1) is 5.72. The topological polar surface area (TPSA) is 40.5 Å². The van der Waals surface area contributed by atoms with Gasteiger partial charge in [-0.3, -0.25) is 9.69 Å². The third-order valence-corrected chi connectivity index (χ3v) is 2.22. The van der Waals surface area contributed by atoms with Crippen LogP contribution in [0.2, 0.25) is 0 Å². The van der Waals surface area contributed by atoms with Crippen LogP contribution in [0.5, 0.6) is 0 Å². The summed E-state index contributed by atoms with van der Waals surface area (Å²) in [6.45, 7) is 6.47. The first kappa shape index (κ1) is 9.26. The van der Waals surface area contributed by atoms with E-state index < -0.39 is 5.97 Å². The molecule has 0 saturated carbocycles. The monoisotopic (exact) mass is 169 g/mol. The van der Waals surface area contributed by atoms with Crippen molar-refractivity contribution in [2.24, 2.45) is 5.92 Å². The SMILES string of the molecule is C=CCN1CCC(CC(=O)O)C1. The predicted molar refractivity (Wildman–Crippen MR) is 47.0 cm³/mol. The van der Waals surface area contributed by atoms with Crippen LogP contribution < -0.4 is 0 Å². The Kier molecular flexibility index (Phi) is 3.29. The van der Waals surface area contributed by atoms with Crippen molar-refractivity contribution in [2.75, 3.05) is 19.6 Å². The van der Waals surface area contributed by atoms with Crippen LogP contribution in [-0.2, 0) is 4.79 Å². The highest BCUT2D eigenvalue weighted by atomic mass is 16.4. The summed E-state index contributed by atoms with van der Waals surface area (Å²) in [4.78, 5) is 12.6. The highest BCUT2D eigenvalue weighted by Crippen LogP contribution is 2.18. The third-order valence-electron chi connectivity index (χ3n) is 2.22. The molecule has 1 atom stereocenters. The molecule has 0 amide bonds. The molecular formula is C9H15NO2. The van der Waals surface area contributed by atoms with Crippen molar-refractivity contribution < 1.29 is 9.90 Å². The van der Waals surface area contributed by atoms with Gasteiger partial charge in [0.15, 0.2) is 0 Å². The Morgan fingerprint density at radius 1 is 1.75 bits per heavy atom. The Hall–Kier alpha value is -0.830. The van der Waals surface area contributed by atoms with E-state index in [1.54, 1.807) is 0 Å². The van der Waals surface area contributed by atoms with Gasteiger partial charge in [0.25, 0.3) is 0 Å². The Morgan fingerprint density at radius 3 is 3.08 bits per heavy atom. The Bertz CT molecular complexity index is 179. The van der Waals surface area contributed by atoms with Gasteiger partial charge in [-0.05, 0) is 18.9 Å². The van der Waals surface area contributed by atoms with Gasteiger partial charge >= 0.3 is 5.97 Å². The fourth-order valence-electron chi connectivity index (χ4n) is 1.67. The van der Waals surface area contributed by atoms with Crippen molar-refractivity contribution in [2.45, 2.75) is 12.8 Å². The average molecular weight is 169 g/mol. The molecule has 1 heterocycles. The third kappa shape index (κ3) is 2.66. The first-order valence-corrected chi connectivity index (χ1v) is 4.27. The highest BCUT2D eigenvalue weighted by Gasteiger charge is 2.23. The Labute approximate surface area is 72.7 Å². The zero-order valence-electron chi connectivity index (χ0n) is 7.20. The summed E-state index contributed by atoms with van der Waals surface area (Å²) in [6, 6.07) is 0. The number of nitrogens with zero attached hydrogens (tertiary/aromatic N) is 1. The second-order valence-electron chi connectivity index (χ2n) is 3.30. The molecule has 0 aromatic rings. The van der Waals surface area contributed by atoms with E-state index in [0.29, 0.717) is 12.3 Å². The van der Waals surface area contributed by atoms with Crippen LogP contribution in [0.4, 0.5) is 0 Å². The van der Waals surface area contributed by atoms with Crippen LogP contribution in [-0.4, -0.2) is 35.6 Å². The number of carbonyl (C=O) groups is 1. The zero-order chi connectivity index (χ0) is 8.97. The fraction of sp³-hybridized carbons (Fsp3) is 0.667. The maximum absolute atomic E-state index is 10.4. The van der Waals surface area contributed by atoms with E-state index in [0.717, 1.165) is 26.1 Å². The van der Waals surface area contributed by atoms with E-state index in [9.17, 15) is 4.79 Å². The van der Waals surface area contributed by atoms with Gasteiger partial charge in [0.1, 0.15) is 0 Å². The van der Waals surface area contributed by atoms with Crippen LogP contribution in [0.1, 0.15) is 12.8 Å². The standard InChI is InChI=1S/C9H15NO2/c1-2-4-10-5-3-8(7-10)6-9(11)12/h2,8H,1,3-7H2,(H,11,12). The van der Waals surface area contributed by atoms with Crippen molar-refractivity contribution in [3.63, 3.8) is 0 Å². The highest BCUT2D eigenvalue weighted by molar-refractivity contribution is 5.67. The van der Waals surface area contributed by atoms with Gasteiger partial charge in [0, 0.05) is 19.5 Å². The van der Waals surface area contributed by atoms with Gasteiger partial charge in [0.05, 0.1) is 0 Å². The molecule has 0 aromatic heterocycles. The quantitative estimate of drug-likeness (QED) is 0.637. The van der Waals surface area contributed by atoms with E-state index >= 15 is 0 Å². The molecule has 3 heteroatoms. The normalized spacial score (nSPS) is 24.2. The molecule has 0 aromatic carbocycles. The van der Waals surface area contributed by atoms with Crippen molar-refractivity contribution in [3.05, 3.63) is 12.7 Å². The lowest BCUT2D eigenvalue weighted by molar-refractivity contribution is -0.138. The summed E-state index contributed by atoms with van der Waals surface area (Å²) >= 11 is 0. The van der Waals surface area contributed by atoms with E-state index in [4.69, 9.17) is 5.11 Å². The van der Waals surface area contributed by atoms with Crippen LogP contribution in [0, 0.1) is 5.92 Å². The molecular weight excluding hydrogens is 154 g/mol. The molecule has 0 spiro atoms. The van der Waals surface area contributed by atoms with E-state index in [1.807, 2.05) is 6.08 Å². The van der Waals surface area contributed by atoms with Gasteiger partial charge in [-0.25, -0.2) is 0 Å². The van der Waals surface area contributed by atoms with Crippen LogP contribution in [0.25, 0.3) is 0 Å². The van der Waals surface area contributed by atoms with Crippen LogP contribution in [0.15, 0.2) is 12.7 Å². The number of hydrogen-bond acceptors (Lipinski definition) is 2. The number of likely N-dealkylation sites (tertiary alicyclic amines) is 1. The molecule has 1 aliphatic rings. The van der Waals surface area contributed by atoms with Crippen LogP contribution >= 0.6 is 0 Å². The molecule has 1 fully saturated rings.